The Morgan fingerprint density at radius 3 is 2.39 bits per heavy atom. The van der Waals surface area contributed by atoms with Gasteiger partial charge in [0.1, 0.15) is 5.75 Å². The number of phenols is 1. The van der Waals surface area contributed by atoms with Crippen molar-refractivity contribution in [3.8, 4) is 16.9 Å². The van der Waals surface area contributed by atoms with Crippen molar-refractivity contribution in [2.45, 2.75) is 0 Å². The maximum Gasteiger partial charge on any atom is 0.117 e. The monoisotopic (exact) mass is 235 g/mol. The second kappa shape index (κ2) is 4.08. The molecule has 0 aromatic heterocycles. The Balaban J connectivity index is 2.31. The average Bonchev–Trinajstić information content (AvgIpc) is 2.38. The summed E-state index contributed by atoms with van der Waals surface area (Å²) in [5, 5.41) is 11.8. The van der Waals surface area contributed by atoms with Gasteiger partial charge in [0.05, 0.1) is 0 Å². The van der Waals surface area contributed by atoms with Gasteiger partial charge in [-0.25, -0.2) is 0 Å². The first-order chi connectivity index (χ1) is 8.75. The van der Waals surface area contributed by atoms with Crippen LogP contribution in [0.1, 0.15) is 0 Å². The summed E-state index contributed by atoms with van der Waals surface area (Å²) in [4.78, 5) is 0. The van der Waals surface area contributed by atoms with Crippen LogP contribution in [0.3, 0.4) is 0 Å². The molecule has 0 saturated carbocycles. The van der Waals surface area contributed by atoms with Gasteiger partial charge in [0, 0.05) is 17.3 Å². The summed E-state index contributed by atoms with van der Waals surface area (Å²) < 4.78 is 0. The van der Waals surface area contributed by atoms with E-state index < -0.39 is 0 Å². The van der Waals surface area contributed by atoms with Crippen molar-refractivity contribution in [2.24, 2.45) is 0 Å². The predicted molar refractivity (Wildman–Crippen MR) is 75.5 cm³/mol. The normalized spacial score (nSPS) is 10.7. The molecule has 88 valence electrons. The van der Waals surface area contributed by atoms with Crippen molar-refractivity contribution in [1.29, 1.82) is 0 Å². The van der Waals surface area contributed by atoms with Gasteiger partial charge in [0.25, 0.3) is 0 Å². The van der Waals surface area contributed by atoms with Gasteiger partial charge in [0.15, 0.2) is 0 Å². The first-order valence-electron chi connectivity index (χ1n) is 5.82. The van der Waals surface area contributed by atoms with Crippen molar-refractivity contribution >= 4 is 16.5 Å². The minimum Gasteiger partial charge on any atom is -0.508 e. The molecule has 0 atom stereocenters. The van der Waals surface area contributed by atoms with Gasteiger partial charge in [-0.3, -0.25) is 0 Å². The smallest absolute Gasteiger partial charge is 0.117 e. The third kappa shape index (κ3) is 1.68. The highest BCUT2D eigenvalue weighted by Gasteiger charge is 2.06. The molecule has 3 N–H and O–H groups in total. The fourth-order valence-electron chi connectivity index (χ4n) is 2.26. The fourth-order valence-corrected chi connectivity index (χ4v) is 2.26. The van der Waals surface area contributed by atoms with E-state index in [9.17, 15) is 5.11 Å². The maximum atomic E-state index is 9.42. The van der Waals surface area contributed by atoms with Crippen LogP contribution in [-0.4, -0.2) is 5.11 Å². The molecule has 0 aliphatic carbocycles. The Bertz CT molecular complexity index is 714. The number of nitrogens with two attached hydrogens (primary N) is 1. The largest absolute Gasteiger partial charge is 0.508 e. The summed E-state index contributed by atoms with van der Waals surface area (Å²) in [6.07, 6.45) is 0. The van der Waals surface area contributed by atoms with E-state index in [1.54, 1.807) is 12.1 Å². The Morgan fingerprint density at radius 2 is 1.56 bits per heavy atom. The minimum absolute atomic E-state index is 0.191. The highest BCUT2D eigenvalue weighted by molar-refractivity contribution is 5.99. The molecule has 2 nitrogen and oxygen atoms in total. The standard InChI is InChI=1S/C16H13NO/c17-16-10-12(18)8-9-15(16)14-7-3-5-11-4-1-2-6-13(11)14/h1-10,18H,17H2. The van der Waals surface area contributed by atoms with Crippen LogP contribution in [0, 0.1) is 0 Å². The third-order valence-corrected chi connectivity index (χ3v) is 3.11. The molecule has 0 aliphatic rings. The molecule has 3 aromatic carbocycles. The van der Waals surface area contributed by atoms with Crippen LogP contribution in [0.4, 0.5) is 5.69 Å². The first-order valence-corrected chi connectivity index (χ1v) is 5.82. The van der Waals surface area contributed by atoms with E-state index in [1.807, 2.05) is 30.3 Å². The third-order valence-electron chi connectivity index (χ3n) is 3.11. The number of anilines is 1. The zero-order valence-electron chi connectivity index (χ0n) is 9.80. The summed E-state index contributed by atoms with van der Waals surface area (Å²) in [6, 6.07) is 19.4. The van der Waals surface area contributed by atoms with Crippen LogP contribution in [0.5, 0.6) is 5.75 Å². The van der Waals surface area contributed by atoms with Gasteiger partial charge in [-0.2, -0.15) is 0 Å². The molecule has 0 amide bonds. The quantitative estimate of drug-likeness (QED) is 0.630. The number of rotatable bonds is 1. The molecule has 2 heteroatoms. The minimum atomic E-state index is 0.191. The number of fused-ring (bicyclic) bond motifs is 1. The number of phenolic OH excluding ortho intramolecular Hbond substituents is 1. The highest BCUT2D eigenvalue weighted by atomic mass is 16.3. The van der Waals surface area contributed by atoms with Gasteiger partial charge < -0.3 is 10.8 Å². The topological polar surface area (TPSA) is 46.2 Å². The maximum absolute atomic E-state index is 9.42. The molecule has 0 radical (unpaired) electrons. The summed E-state index contributed by atoms with van der Waals surface area (Å²) in [5.41, 5.74) is 8.61. The molecule has 0 unspecified atom stereocenters. The van der Waals surface area contributed by atoms with E-state index in [0.717, 1.165) is 16.5 Å². The zero-order chi connectivity index (χ0) is 12.5. The lowest BCUT2D eigenvalue weighted by Gasteiger charge is -2.09. The van der Waals surface area contributed by atoms with E-state index in [1.165, 1.54) is 5.39 Å². The van der Waals surface area contributed by atoms with Gasteiger partial charge >= 0.3 is 0 Å². The molecular formula is C16H13NO. The van der Waals surface area contributed by atoms with Gasteiger partial charge in [-0.05, 0) is 28.5 Å². The van der Waals surface area contributed by atoms with E-state index in [4.69, 9.17) is 5.73 Å². The zero-order valence-corrected chi connectivity index (χ0v) is 9.80. The summed E-state index contributed by atoms with van der Waals surface area (Å²) >= 11 is 0. The van der Waals surface area contributed by atoms with E-state index in [2.05, 4.69) is 18.2 Å². The number of benzene rings is 3. The summed E-state index contributed by atoms with van der Waals surface area (Å²) in [5.74, 6) is 0.191. The van der Waals surface area contributed by atoms with Crippen molar-refractivity contribution < 1.29 is 5.11 Å². The van der Waals surface area contributed by atoms with E-state index >= 15 is 0 Å². The average molecular weight is 235 g/mol. The lowest BCUT2D eigenvalue weighted by atomic mass is 9.97. The van der Waals surface area contributed by atoms with Crippen LogP contribution in [0.2, 0.25) is 0 Å². The molecule has 0 bridgehead atoms. The Labute approximate surface area is 105 Å². The predicted octanol–water partition coefficient (Wildman–Crippen LogP) is 3.79. The number of nitrogen functional groups attached to an aromatic ring is 1. The van der Waals surface area contributed by atoms with Gasteiger partial charge in [0.2, 0.25) is 0 Å². The molecule has 18 heavy (non-hydrogen) atoms. The van der Waals surface area contributed by atoms with Gasteiger partial charge in [-0.15, -0.1) is 0 Å². The molecule has 0 spiro atoms. The number of hydrogen-bond acceptors (Lipinski definition) is 2. The van der Waals surface area contributed by atoms with E-state index in [0.29, 0.717) is 5.69 Å². The van der Waals surface area contributed by atoms with Crippen LogP contribution in [0.15, 0.2) is 60.7 Å². The Morgan fingerprint density at radius 1 is 0.778 bits per heavy atom. The number of hydrogen-bond donors (Lipinski definition) is 2. The Kier molecular flexibility index (Phi) is 2.41. The molecule has 0 heterocycles. The van der Waals surface area contributed by atoms with Crippen molar-refractivity contribution in [2.75, 3.05) is 5.73 Å². The van der Waals surface area contributed by atoms with Crippen molar-refractivity contribution in [3.05, 3.63) is 60.7 Å². The Hall–Kier alpha value is -2.48. The van der Waals surface area contributed by atoms with Crippen LogP contribution >= 0.6 is 0 Å². The van der Waals surface area contributed by atoms with Crippen LogP contribution in [-0.2, 0) is 0 Å². The molecule has 0 fully saturated rings. The summed E-state index contributed by atoms with van der Waals surface area (Å²) in [7, 11) is 0. The van der Waals surface area contributed by atoms with Gasteiger partial charge in [-0.1, -0.05) is 42.5 Å². The van der Waals surface area contributed by atoms with Crippen LogP contribution in [0.25, 0.3) is 21.9 Å². The van der Waals surface area contributed by atoms with Crippen molar-refractivity contribution in [3.63, 3.8) is 0 Å². The highest BCUT2D eigenvalue weighted by Crippen LogP contribution is 2.33. The van der Waals surface area contributed by atoms with E-state index in [-0.39, 0.29) is 5.75 Å². The SMILES string of the molecule is Nc1cc(O)ccc1-c1cccc2ccccc12. The van der Waals surface area contributed by atoms with Crippen LogP contribution < -0.4 is 5.73 Å². The molecule has 0 aliphatic heterocycles. The van der Waals surface area contributed by atoms with Crippen molar-refractivity contribution in [1.82, 2.24) is 0 Å². The molecular weight excluding hydrogens is 222 g/mol. The second-order valence-corrected chi connectivity index (χ2v) is 4.30. The second-order valence-electron chi connectivity index (χ2n) is 4.30. The number of aromatic hydroxyl groups is 1. The molecule has 3 aromatic rings. The lowest BCUT2D eigenvalue weighted by molar-refractivity contribution is 0.476. The molecule has 0 saturated heterocycles. The fraction of sp³-hybridized carbons (Fsp3) is 0. The summed E-state index contributed by atoms with van der Waals surface area (Å²) in [6.45, 7) is 0. The first kappa shape index (κ1) is 10.7. The molecule has 3 rings (SSSR count). The lowest BCUT2D eigenvalue weighted by Crippen LogP contribution is -1.90.